The molecule has 9 heteroatoms. The average Bonchev–Trinajstić information content (AvgIpc) is 2.56. The van der Waals surface area contributed by atoms with Gasteiger partial charge in [-0.15, -0.1) is 13.2 Å². The van der Waals surface area contributed by atoms with E-state index in [4.69, 9.17) is 4.74 Å². The molecular weight excluding hydrogens is 363 g/mol. The molecular formula is C18H26F3N3O3. The lowest BCUT2D eigenvalue weighted by Gasteiger charge is -2.36. The molecule has 152 valence electrons. The zero-order valence-electron chi connectivity index (χ0n) is 16.0. The monoisotopic (exact) mass is 389 g/mol. The maximum absolute atomic E-state index is 12.6. The highest BCUT2D eigenvalue weighted by molar-refractivity contribution is 5.82. The van der Waals surface area contributed by atoms with E-state index in [0.29, 0.717) is 6.04 Å². The highest BCUT2D eigenvalue weighted by Gasteiger charge is 2.35. The molecule has 0 aliphatic carbocycles. The second-order valence-electron chi connectivity index (χ2n) is 7.55. The molecule has 1 aliphatic rings. The molecule has 1 aromatic rings. The minimum Gasteiger partial charge on any atom is -0.474 e. The van der Waals surface area contributed by atoms with Gasteiger partial charge in [-0.25, -0.2) is 4.98 Å². The van der Waals surface area contributed by atoms with Gasteiger partial charge in [0.15, 0.2) is 5.75 Å². The zero-order valence-corrected chi connectivity index (χ0v) is 16.0. The van der Waals surface area contributed by atoms with Crippen LogP contribution in [0.4, 0.5) is 13.2 Å². The Morgan fingerprint density at radius 3 is 2.74 bits per heavy atom. The Balaban J connectivity index is 1.95. The number of alkyl halides is 3. The Hall–Kier alpha value is -2.03. The molecule has 27 heavy (non-hydrogen) atoms. The van der Waals surface area contributed by atoms with Gasteiger partial charge < -0.3 is 19.7 Å². The largest absolute Gasteiger partial charge is 0.573 e. The molecule has 0 saturated carbocycles. The van der Waals surface area contributed by atoms with E-state index in [0.717, 1.165) is 25.5 Å². The summed E-state index contributed by atoms with van der Waals surface area (Å²) in [5.41, 5.74) is -0.945. The fourth-order valence-corrected chi connectivity index (χ4v) is 2.80. The summed E-state index contributed by atoms with van der Waals surface area (Å²) in [5, 5.41) is 3.02. The van der Waals surface area contributed by atoms with Crippen molar-refractivity contribution in [1.82, 2.24) is 15.2 Å². The summed E-state index contributed by atoms with van der Waals surface area (Å²) >= 11 is 0. The van der Waals surface area contributed by atoms with Crippen LogP contribution in [0, 0.1) is 5.41 Å². The zero-order chi connectivity index (χ0) is 20.2. The maximum atomic E-state index is 12.6. The third-order valence-corrected chi connectivity index (χ3v) is 4.69. The number of rotatable bonds is 6. The topological polar surface area (TPSA) is 63.7 Å². The number of nitrogens with one attached hydrogen (secondary N) is 1. The van der Waals surface area contributed by atoms with E-state index in [9.17, 15) is 18.0 Å². The van der Waals surface area contributed by atoms with Crippen molar-refractivity contribution in [1.29, 1.82) is 0 Å². The lowest BCUT2D eigenvalue weighted by molar-refractivity contribution is -0.275. The molecule has 0 bridgehead atoms. The van der Waals surface area contributed by atoms with E-state index in [-0.39, 0.29) is 24.4 Å². The third-order valence-electron chi connectivity index (χ3n) is 4.69. The number of amides is 1. The number of nitrogens with zero attached hydrogens (tertiary/aromatic N) is 2. The van der Waals surface area contributed by atoms with Gasteiger partial charge in [-0.3, -0.25) is 4.79 Å². The van der Waals surface area contributed by atoms with Crippen molar-refractivity contribution in [3.63, 3.8) is 0 Å². The fraction of sp³-hybridized carbons (Fsp3) is 0.667. The van der Waals surface area contributed by atoms with E-state index in [1.165, 1.54) is 12.3 Å². The number of aromatic nitrogens is 1. The lowest BCUT2D eigenvalue weighted by atomic mass is 9.91. The summed E-state index contributed by atoms with van der Waals surface area (Å²) in [5.74, 6) is -1.05. The number of likely N-dealkylation sites (tertiary alicyclic amines) is 1. The van der Waals surface area contributed by atoms with Gasteiger partial charge in [-0.2, -0.15) is 0 Å². The van der Waals surface area contributed by atoms with E-state index in [1.807, 2.05) is 7.05 Å². The Labute approximate surface area is 157 Å². The predicted octanol–water partition coefficient (Wildman–Crippen LogP) is 2.98. The van der Waals surface area contributed by atoms with Crippen LogP contribution in [0.5, 0.6) is 11.6 Å². The van der Waals surface area contributed by atoms with Crippen LogP contribution in [-0.4, -0.2) is 54.4 Å². The molecule has 0 unspecified atom stereocenters. The van der Waals surface area contributed by atoms with Crippen molar-refractivity contribution in [2.24, 2.45) is 5.41 Å². The van der Waals surface area contributed by atoms with Crippen molar-refractivity contribution >= 4 is 5.91 Å². The molecule has 1 saturated heterocycles. The van der Waals surface area contributed by atoms with E-state index in [1.54, 1.807) is 13.8 Å². The van der Waals surface area contributed by atoms with E-state index < -0.39 is 17.5 Å². The number of hydrogen-bond donors (Lipinski definition) is 1. The van der Waals surface area contributed by atoms with Crippen molar-refractivity contribution in [3.8, 4) is 11.6 Å². The van der Waals surface area contributed by atoms with Crippen molar-refractivity contribution in [2.45, 2.75) is 52.1 Å². The van der Waals surface area contributed by atoms with Crippen molar-refractivity contribution in [2.75, 3.05) is 20.2 Å². The van der Waals surface area contributed by atoms with Crippen molar-refractivity contribution < 1.29 is 27.4 Å². The molecule has 1 amide bonds. The van der Waals surface area contributed by atoms with Gasteiger partial charge in [0.2, 0.25) is 5.91 Å². The first-order valence-corrected chi connectivity index (χ1v) is 8.83. The second kappa shape index (κ2) is 8.33. The number of carbonyl (C=O) groups excluding carboxylic acids is 1. The number of ether oxygens (including phenoxy) is 2. The van der Waals surface area contributed by atoms with Gasteiger partial charge in [0, 0.05) is 24.8 Å². The van der Waals surface area contributed by atoms with Gasteiger partial charge in [0.1, 0.15) is 6.61 Å². The summed E-state index contributed by atoms with van der Waals surface area (Å²) < 4.78 is 46.7. The first-order valence-electron chi connectivity index (χ1n) is 8.83. The summed E-state index contributed by atoms with van der Waals surface area (Å²) in [6, 6.07) is 2.87. The van der Waals surface area contributed by atoms with Crippen LogP contribution in [0.25, 0.3) is 0 Å². The molecule has 0 radical (unpaired) electrons. The van der Waals surface area contributed by atoms with Crippen LogP contribution in [0.2, 0.25) is 0 Å². The minimum atomic E-state index is -4.85. The molecule has 1 aromatic heterocycles. The number of pyridine rings is 1. The number of hydrogen-bond acceptors (Lipinski definition) is 5. The van der Waals surface area contributed by atoms with E-state index in [2.05, 4.69) is 26.9 Å². The van der Waals surface area contributed by atoms with Crippen molar-refractivity contribution in [3.05, 3.63) is 18.3 Å². The molecule has 2 rings (SSSR count). The Morgan fingerprint density at radius 1 is 1.41 bits per heavy atom. The molecule has 1 fully saturated rings. The predicted molar refractivity (Wildman–Crippen MR) is 93.5 cm³/mol. The molecule has 0 spiro atoms. The highest BCUT2D eigenvalue weighted by atomic mass is 19.4. The second-order valence-corrected chi connectivity index (χ2v) is 7.55. The summed E-state index contributed by atoms with van der Waals surface area (Å²) in [7, 11) is 2.05. The summed E-state index contributed by atoms with van der Waals surface area (Å²) in [4.78, 5) is 18.6. The van der Waals surface area contributed by atoms with Crippen LogP contribution >= 0.6 is 0 Å². The molecule has 6 nitrogen and oxygen atoms in total. The SMILES string of the molecule is C[C@@H]1C[C@H](NC(=O)C(C)(C)COc2ncccc2OC(F)(F)F)CCN1C. The van der Waals surface area contributed by atoms with E-state index >= 15 is 0 Å². The van der Waals surface area contributed by atoms with Crippen LogP contribution in [0.1, 0.15) is 33.6 Å². The quantitative estimate of drug-likeness (QED) is 0.811. The summed E-state index contributed by atoms with van der Waals surface area (Å²) in [6.07, 6.45) is -1.85. The Morgan fingerprint density at radius 2 is 2.11 bits per heavy atom. The smallest absolute Gasteiger partial charge is 0.474 e. The molecule has 1 aliphatic heterocycles. The number of halogens is 3. The Kier molecular flexibility index (Phi) is 6.56. The fourth-order valence-electron chi connectivity index (χ4n) is 2.80. The normalized spacial score (nSPS) is 21.6. The minimum absolute atomic E-state index is 0.0712. The molecule has 1 N–H and O–H groups in total. The molecule has 0 aromatic carbocycles. The van der Waals surface area contributed by atoms with Crippen LogP contribution < -0.4 is 14.8 Å². The first kappa shape index (κ1) is 21.3. The molecule has 2 heterocycles. The van der Waals surface area contributed by atoms with Crippen LogP contribution in [-0.2, 0) is 4.79 Å². The average molecular weight is 389 g/mol. The standard InChI is InChI=1S/C18H26F3N3O3/c1-12-10-13(7-9-24(12)4)23-16(25)17(2,3)11-26-15-14(6-5-8-22-15)27-18(19,20)21/h5-6,8,12-13H,7,9-11H2,1-4H3,(H,23,25)/t12-,13-/m1/s1. The van der Waals surface area contributed by atoms with Gasteiger partial charge in [0.25, 0.3) is 5.88 Å². The maximum Gasteiger partial charge on any atom is 0.573 e. The lowest BCUT2D eigenvalue weighted by Crippen LogP contribution is -2.51. The van der Waals surface area contributed by atoms with Gasteiger partial charge >= 0.3 is 6.36 Å². The van der Waals surface area contributed by atoms with Crippen LogP contribution in [0.3, 0.4) is 0 Å². The van der Waals surface area contributed by atoms with Gasteiger partial charge in [0.05, 0.1) is 5.41 Å². The number of piperidine rings is 1. The third kappa shape index (κ3) is 6.27. The number of carbonyl (C=O) groups is 1. The highest BCUT2D eigenvalue weighted by Crippen LogP contribution is 2.31. The first-order chi connectivity index (χ1) is 12.5. The summed E-state index contributed by atoms with van der Waals surface area (Å²) in [6.45, 7) is 6.22. The van der Waals surface area contributed by atoms with Crippen LogP contribution in [0.15, 0.2) is 18.3 Å². The Bertz CT molecular complexity index is 652. The molecule has 2 atom stereocenters. The van der Waals surface area contributed by atoms with Gasteiger partial charge in [-0.05, 0) is 52.8 Å². The van der Waals surface area contributed by atoms with Gasteiger partial charge in [-0.1, -0.05) is 0 Å².